The first-order valence-electron chi connectivity index (χ1n) is 9.33. The van der Waals surface area contributed by atoms with E-state index < -0.39 is 0 Å². The molecule has 2 heteroatoms. The fourth-order valence-electron chi connectivity index (χ4n) is 3.43. The predicted octanol–water partition coefficient (Wildman–Crippen LogP) is 5.63. The van der Waals surface area contributed by atoms with E-state index in [2.05, 4.69) is 90.7 Å². The van der Waals surface area contributed by atoms with Gasteiger partial charge < -0.3 is 4.90 Å². The van der Waals surface area contributed by atoms with Crippen molar-refractivity contribution >= 4 is 5.69 Å². The van der Waals surface area contributed by atoms with Crippen molar-refractivity contribution in [2.24, 2.45) is 0 Å². The van der Waals surface area contributed by atoms with Gasteiger partial charge in [-0.25, -0.2) is 0 Å². The van der Waals surface area contributed by atoms with Gasteiger partial charge in [-0.05, 0) is 17.2 Å². The zero-order chi connectivity index (χ0) is 19.5. The molecule has 0 aliphatic carbocycles. The minimum absolute atomic E-state index is 0.107. The fraction of sp³-hybridized carbons (Fsp3) is 0.200. The smallest absolute Gasteiger partial charge is 0.0627 e. The molecule has 140 valence electrons. The minimum atomic E-state index is 0.107. The lowest BCUT2D eigenvalue weighted by Gasteiger charge is -2.34. The average Bonchev–Trinajstić information content (AvgIpc) is 2.70. The Bertz CT molecular complexity index is 728. The summed E-state index contributed by atoms with van der Waals surface area (Å²) in [6.45, 7) is 18.9. The molecule has 0 aliphatic heterocycles. The quantitative estimate of drug-likeness (QED) is 0.454. The van der Waals surface area contributed by atoms with Gasteiger partial charge in [-0.15, -0.1) is 26.3 Å². The molecule has 0 aromatic heterocycles. The molecule has 0 amide bonds. The van der Waals surface area contributed by atoms with Crippen LogP contribution in [0.4, 0.5) is 5.69 Å². The van der Waals surface area contributed by atoms with Crippen LogP contribution in [0.5, 0.6) is 0 Å². The maximum absolute atomic E-state index is 3.96. The van der Waals surface area contributed by atoms with Gasteiger partial charge in [0.1, 0.15) is 0 Å². The summed E-state index contributed by atoms with van der Waals surface area (Å²) in [5.41, 5.74) is 3.71. The maximum atomic E-state index is 3.96. The van der Waals surface area contributed by atoms with Crippen molar-refractivity contribution in [1.29, 1.82) is 0 Å². The Labute approximate surface area is 164 Å². The lowest BCUT2D eigenvalue weighted by atomic mass is 9.94. The van der Waals surface area contributed by atoms with E-state index in [-0.39, 0.29) is 6.04 Å². The zero-order valence-corrected chi connectivity index (χ0v) is 16.1. The number of rotatable bonds is 12. The van der Waals surface area contributed by atoms with Crippen molar-refractivity contribution in [1.82, 2.24) is 4.90 Å². The van der Waals surface area contributed by atoms with E-state index in [1.54, 1.807) is 0 Å². The summed E-state index contributed by atoms with van der Waals surface area (Å²) in [7, 11) is 0. The Morgan fingerprint density at radius 1 is 0.667 bits per heavy atom. The van der Waals surface area contributed by atoms with Crippen LogP contribution in [0.1, 0.15) is 17.2 Å². The average molecular weight is 359 g/mol. The van der Waals surface area contributed by atoms with Crippen LogP contribution >= 0.6 is 0 Å². The van der Waals surface area contributed by atoms with Gasteiger partial charge in [0.2, 0.25) is 0 Å². The van der Waals surface area contributed by atoms with Crippen molar-refractivity contribution in [2.45, 2.75) is 6.04 Å². The third kappa shape index (κ3) is 5.32. The summed E-state index contributed by atoms with van der Waals surface area (Å²) in [5, 5.41) is 0. The van der Waals surface area contributed by atoms with Crippen LogP contribution in [0, 0.1) is 0 Å². The summed E-state index contributed by atoms with van der Waals surface area (Å²) in [6, 6.07) is 19.3. The van der Waals surface area contributed by atoms with Gasteiger partial charge >= 0.3 is 0 Å². The summed E-state index contributed by atoms with van der Waals surface area (Å²) in [4.78, 5) is 4.68. The lowest BCUT2D eigenvalue weighted by Crippen LogP contribution is -2.32. The third-order valence-corrected chi connectivity index (χ3v) is 4.48. The zero-order valence-electron chi connectivity index (χ0n) is 16.1. The van der Waals surface area contributed by atoms with Gasteiger partial charge in [-0.3, -0.25) is 4.90 Å². The highest BCUT2D eigenvalue weighted by molar-refractivity contribution is 5.58. The Morgan fingerprint density at radius 3 is 1.74 bits per heavy atom. The molecule has 0 radical (unpaired) electrons. The van der Waals surface area contributed by atoms with Crippen LogP contribution in [0.2, 0.25) is 0 Å². The maximum Gasteiger partial charge on any atom is 0.0627 e. The van der Waals surface area contributed by atoms with Gasteiger partial charge in [0.05, 0.1) is 6.04 Å². The molecular formula is C25H30N2. The highest BCUT2D eigenvalue weighted by atomic mass is 15.2. The van der Waals surface area contributed by atoms with Crippen molar-refractivity contribution in [3.8, 4) is 0 Å². The number of hydrogen-bond donors (Lipinski definition) is 0. The first kappa shape index (κ1) is 20.5. The molecule has 0 aliphatic rings. The summed E-state index contributed by atoms with van der Waals surface area (Å²) >= 11 is 0. The predicted molar refractivity (Wildman–Crippen MR) is 119 cm³/mol. The van der Waals surface area contributed by atoms with Gasteiger partial charge in [0, 0.05) is 31.9 Å². The summed E-state index contributed by atoms with van der Waals surface area (Å²) < 4.78 is 0. The molecule has 27 heavy (non-hydrogen) atoms. The molecule has 2 rings (SSSR count). The molecule has 0 saturated heterocycles. The van der Waals surface area contributed by atoms with Gasteiger partial charge in [0.15, 0.2) is 0 Å². The first-order chi connectivity index (χ1) is 13.3. The van der Waals surface area contributed by atoms with E-state index >= 15 is 0 Å². The molecular weight excluding hydrogens is 328 g/mol. The number of benzene rings is 2. The SMILES string of the molecule is C=CCN(CC=C)c1ccccc1C(c1ccccc1)N(CC=C)CC=C. The van der Waals surface area contributed by atoms with Gasteiger partial charge in [-0.2, -0.15) is 0 Å². The van der Waals surface area contributed by atoms with Crippen LogP contribution in [-0.4, -0.2) is 31.1 Å². The second kappa shape index (κ2) is 11.0. The van der Waals surface area contributed by atoms with E-state index in [1.165, 1.54) is 16.8 Å². The molecule has 1 atom stereocenters. The van der Waals surface area contributed by atoms with Crippen LogP contribution in [0.15, 0.2) is 105 Å². The molecule has 0 saturated carbocycles. The van der Waals surface area contributed by atoms with Crippen LogP contribution in [0.25, 0.3) is 0 Å². The number of hydrogen-bond acceptors (Lipinski definition) is 2. The van der Waals surface area contributed by atoms with Crippen LogP contribution in [0.3, 0.4) is 0 Å². The van der Waals surface area contributed by atoms with Crippen molar-refractivity contribution in [3.05, 3.63) is 116 Å². The minimum Gasteiger partial charge on any atom is -0.364 e. The molecule has 1 unspecified atom stereocenters. The third-order valence-electron chi connectivity index (χ3n) is 4.48. The number of para-hydroxylation sites is 1. The van der Waals surface area contributed by atoms with Crippen molar-refractivity contribution < 1.29 is 0 Å². The van der Waals surface area contributed by atoms with Crippen LogP contribution < -0.4 is 4.90 Å². The molecule has 2 aromatic carbocycles. The van der Waals surface area contributed by atoms with Crippen LogP contribution in [-0.2, 0) is 0 Å². The number of anilines is 1. The highest BCUT2D eigenvalue weighted by Gasteiger charge is 2.24. The fourth-order valence-corrected chi connectivity index (χ4v) is 3.43. The normalized spacial score (nSPS) is 11.6. The number of nitrogens with zero attached hydrogens (tertiary/aromatic N) is 2. The topological polar surface area (TPSA) is 6.48 Å². The molecule has 0 fully saturated rings. The second-order valence-corrected chi connectivity index (χ2v) is 6.39. The molecule has 0 bridgehead atoms. The highest BCUT2D eigenvalue weighted by Crippen LogP contribution is 2.35. The summed E-state index contributed by atoms with van der Waals surface area (Å²) in [5.74, 6) is 0. The van der Waals surface area contributed by atoms with E-state index in [0.29, 0.717) is 0 Å². The lowest BCUT2D eigenvalue weighted by molar-refractivity contribution is 0.278. The Hall–Kier alpha value is -2.84. The Morgan fingerprint density at radius 2 is 1.19 bits per heavy atom. The van der Waals surface area contributed by atoms with E-state index in [1.807, 2.05) is 24.3 Å². The Kier molecular flexibility index (Phi) is 8.34. The Balaban J connectivity index is 2.61. The molecule has 2 aromatic rings. The summed E-state index contributed by atoms with van der Waals surface area (Å²) in [6.07, 6.45) is 7.77. The van der Waals surface area contributed by atoms with Crippen molar-refractivity contribution in [2.75, 3.05) is 31.1 Å². The largest absolute Gasteiger partial charge is 0.364 e. The second-order valence-electron chi connectivity index (χ2n) is 6.39. The van der Waals surface area contributed by atoms with Gasteiger partial charge in [-0.1, -0.05) is 72.8 Å². The first-order valence-corrected chi connectivity index (χ1v) is 9.33. The monoisotopic (exact) mass is 358 g/mol. The molecule has 0 N–H and O–H groups in total. The van der Waals surface area contributed by atoms with Crippen molar-refractivity contribution in [3.63, 3.8) is 0 Å². The molecule has 0 heterocycles. The van der Waals surface area contributed by atoms with E-state index in [4.69, 9.17) is 0 Å². The molecule has 0 spiro atoms. The van der Waals surface area contributed by atoms with E-state index in [0.717, 1.165) is 26.2 Å². The van der Waals surface area contributed by atoms with E-state index in [9.17, 15) is 0 Å². The molecule has 2 nitrogen and oxygen atoms in total. The van der Waals surface area contributed by atoms with Gasteiger partial charge in [0.25, 0.3) is 0 Å². The standard InChI is InChI=1S/C25H30N2/c1-5-18-26(19-6-2)24-17-13-12-16-23(24)25(22-14-10-9-11-15-22)27(20-7-3)21-8-4/h5-17,25H,1-4,18-21H2.